The minimum atomic E-state index is 0.0845. The van der Waals surface area contributed by atoms with Crippen LogP contribution in [-0.2, 0) is 7.05 Å². The second-order valence-electron chi connectivity index (χ2n) is 4.49. The van der Waals surface area contributed by atoms with Crippen LogP contribution in [0.2, 0.25) is 0 Å². The lowest BCUT2D eigenvalue weighted by Gasteiger charge is -2.18. The molecule has 2 aromatic heterocycles. The van der Waals surface area contributed by atoms with Gasteiger partial charge in [0.1, 0.15) is 5.75 Å². The number of rotatable bonds is 5. The van der Waals surface area contributed by atoms with Gasteiger partial charge >= 0.3 is 0 Å². The molecule has 0 saturated carbocycles. The van der Waals surface area contributed by atoms with Gasteiger partial charge < -0.3 is 10.1 Å². The normalized spacial score (nSPS) is 12.4. The molecule has 102 valence electrons. The monoisotopic (exact) mass is 260 g/mol. The topological polar surface area (TPSA) is 52.0 Å². The first-order valence-electron chi connectivity index (χ1n) is 6.38. The predicted octanol–water partition coefficient (Wildman–Crippen LogP) is 1.83. The van der Waals surface area contributed by atoms with Crippen molar-refractivity contribution < 1.29 is 4.74 Å². The Morgan fingerprint density at radius 2 is 2.21 bits per heavy atom. The van der Waals surface area contributed by atoms with E-state index in [0.717, 1.165) is 23.6 Å². The maximum absolute atomic E-state index is 5.24. The van der Waals surface area contributed by atoms with Crippen molar-refractivity contribution in [3.05, 3.63) is 41.5 Å². The number of pyridine rings is 1. The quantitative estimate of drug-likeness (QED) is 0.891. The predicted molar refractivity (Wildman–Crippen MR) is 74.3 cm³/mol. The van der Waals surface area contributed by atoms with Crippen molar-refractivity contribution >= 4 is 0 Å². The molecule has 1 unspecified atom stereocenters. The molecule has 0 amide bonds. The summed E-state index contributed by atoms with van der Waals surface area (Å²) >= 11 is 0. The van der Waals surface area contributed by atoms with Crippen LogP contribution in [0.4, 0.5) is 0 Å². The van der Waals surface area contributed by atoms with Crippen molar-refractivity contribution in [2.75, 3.05) is 13.7 Å². The zero-order chi connectivity index (χ0) is 13.8. The first-order valence-corrected chi connectivity index (χ1v) is 6.38. The molecule has 0 aliphatic carbocycles. The van der Waals surface area contributed by atoms with Gasteiger partial charge in [-0.3, -0.25) is 9.67 Å². The molecule has 0 aliphatic rings. The van der Waals surface area contributed by atoms with E-state index >= 15 is 0 Å². The Morgan fingerprint density at radius 3 is 2.79 bits per heavy atom. The average Bonchev–Trinajstić information content (AvgIpc) is 2.75. The molecular formula is C14H20N4O. The smallest absolute Gasteiger partial charge is 0.137 e. The molecule has 1 N–H and O–H groups in total. The molecule has 0 saturated heterocycles. The van der Waals surface area contributed by atoms with Gasteiger partial charge in [-0.15, -0.1) is 0 Å². The molecule has 0 bridgehead atoms. The fourth-order valence-electron chi connectivity index (χ4n) is 2.22. The van der Waals surface area contributed by atoms with Crippen LogP contribution >= 0.6 is 0 Å². The Hall–Kier alpha value is -1.88. The van der Waals surface area contributed by atoms with Gasteiger partial charge in [-0.05, 0) is 25.1 Å². The zero-order valence-electron chi connectivity index (χ0n) is 11.8. The molecule has 0 aliphatic heterocycles. The lowest BCUT2D eigenvalue weighted by atomic mass is 10.0. The van der Waals surface area contributed by atoms with E-state index in [2.05, 4.69) is 22.3 Å². The molecule has 0 fully saturated rings. The summed E-state index contributed by atoms with van der Waals surface area (Å²) in [6.45, 7) is 4.98. The Labute approximate surface area is 113 Å². The molecule has 1 atom stereocenters. The maximum atomic E-state index is 5.24. The fourth-order valence-corrected chi connectivity index (χ4v) is 2.22. The van der Waals surface area contributed by atoms with Crippen LogP contribution in [-0.4, -0.2) is 28.4 Å². The number of ether oxygens (including phenoxy) is 1. The summed E-state index contributed by atoms with van der Waals surface area (Å²) in [5.41, 5.74) is 3.27. The van der Waals surface area contributed by atoms with Crippen molar-refractivity contribution in [2.24, 2.45) is 7.05 Å². The van der Waals surface area contributed by atoms with Gasteiger partial charge in [-0.1, -0.05) is 6.92 Å². The minimum absolute atomic E-state index is 0.0845. The number of hydrogen-bond donors (Lipinski definition) is 1. The van der Waals surface area contributed by atoms with Crippen molar-refractivity contribution in [1.29, 1.82) is 0 Å². The van der Waals surface area contributed by atoms with Crippen molar-refractivity contribution in [1.82, 2.24) is 20.1 Å². The van der Waals surface area contributed by atoms with Gasteiger partial charge in [0.15, 0.2) is 0 Å². The first-order chi connectivity index (χ1) is 9.15. The van der Waals surface area contributed by atoms with E-state index in [-0.39, 0.29) is 6.04 Å². The van der Waals surface area contributed by atoms with Crippen LogP contribution in [0.25, 0.3) is 0 Å². The summed E-state index contributed by atoms with van der Waals surface area (Å²) in [5.74, 6) is 0.766. The van der Waals surface area contributed by atoms with E-state index in [4.69, 9.17) is 4.74 Å². The third kappa shape index (κ3) is 2.93. The molecule has 5 heteroatoms. The van der Waals surface area contributed by atoms with E-state index < -0.39 is 0 Å². The summed E-state index contributed by atoms with van der Waals surface area (Å²) in [6.07, 6.45) is 5.62. The lowest BCUT2D eigenvalue weighted by Crippen LogP contribution is -2.22. The number of nitrogens with one attached hydrogen (secondary N) is 1. The van der Waals surface area contributed by atoms with Gasteiger partial charge in [-0.2, -0.15) is 5.10 Å². The summed E-state index contributed by atoms with van der Waals surface area (Å²) in [4.78, 5) is 4.23. The van der Waals surface area contributed by atoms with Crippen LogP contribution in [0.3, 0.4) is 0 Å². The molecule has 0 spiro atoms. The van der Waals surface area contributed by atoms with E-state index in [1.807, 2.05) is 37.1 Å². The van der Waals surface area contributed by atoms with Gasteiger partial charge in [0.05, 0.1) is 25.0 Å². The number of nitrogens with zero attached hydrogens (tertiary/aromatic N) is 3. The van der Waals surface area contributed by atoms with E-state index in [1.165, 1.54) is 5.56 Å². The van der Waals surface area contributed by atoms with E-state index in [0.29, 0.717) is 0 Å². The number of aromatic nitrogens is 3. The van der Waals surface area contributed by atoms with Gasteiger partial charge in [0.25, 0.3) is 0 Å². The van der Waals surface area contributed by atoms with Crippen LogP contribution in [0.1, 0.15) is 29.8 Å². The second kappa shape index (κ2) is 5.84. The summed E-state index contributed by atoms with van der Waals surface area (Å²) in [5, 5.41) is 7.88. The van der Waals surface area contributed by atoms with Gasteiger partial charge in [0.2, 0.25) is 0 Å². The van der Waals surface area contributed by atoms with E-state index in [9.17, 15) is 0 Å². The van der Waals surface area contributed by atoms with Gasteiger partial charge in [0, 0.05) is 25.0 Å². The highest BCUT2D eigenvalue weighted by Gasteiger charge is 2.18. The third-order valence-corrected chi connectivity index (χ3v) is 3.07. The third-order valence-electron chi connectivity index (χ3n) is 3.07. The van der Waals surface area contributed by atoms with Crippen LogP contribution < -0.4 is 10.1 Å². The molecular weight excluding hydrogens is 240 g/mol. The van der Waals surface area contributed by atoms with E-state index in [1.54, 1.807) is 13.3 Å². The van der Waals surface area contributed by atoms with Crippen molar-refractivity contribution in [2.45, 2.75) is 19.9 Å². The fraction of sp³-hybridized carbons (Fsp3) is 0.429. The molecule has 2 rings (SSSR count). The SMILES string of the molecule is CCNC(c1cncc(OC)c1)c1cn(C)nc1C. The molecule has 2 aromatic rings. The summed E-state index contributed by atoms with van der Waals surface area (Å²) < 4.78 is 7.08. The second-order valence-corrected chi connectivity index (χ2v) is 4.49. The Balaban J connectivity index is 2.41. The Bertz CT molecular complexity index is 550. The largest absolute Gasteiger partial charge is 0.495 e. The Morgan fingerprint density at radius 1 is 1.42 bits per heavy atom. The van der Waals surface area contributed by atoms with Crippen LogP contribution in [0.15, 0.2) is 24.7 Å². The molecule has 0 radical (unpaired) electrons. The number of hydrogen-bond acceptors (Lipinski definition) is 4. The first kappa shape index (κ1) is 13.5. The summed E-state index contributed by atoms with van der Waals surface area (Å²) in [6, 6.07) is 2.09. The highest BCUT2D eigenvalue weighted by atomic mass is 16.5. The highest BCUT2D eigenvalue weighted by molar-refractivity contribution is 5.34. The number of methoxy groups -OCH3 is 1. The van der Waals surface area contributed by atoms with Crippen LogP contribution in [0.5, 0.6) is 5.75 Å². The number of aryl methyl sites for hydroxylation is 2. The molecule has 5 nitrogen and oxygen atoms in total. The highest BCUT2D eigenvalue weighted by Crippen LogP contribution is 2.25. The zero-order valence-corrected chi connectivity index (χ0v) is 11.8. The molecule has 0 aromatic carbocycles. The van der Waals surface area contributed by atoms with Crippen molar-refractivity contribution in [3.8, 4) is 5.75 Å². The lowest BCUT2D eigenvalue weighted by molar-refractivity contribution is 0.411. The molecule has 19 heavy (non-hydrogen) atoms. The average molecular weight is 260 g/mol. The standard InChI is InChI=1S/C14H20N4O/c1-5-16-14(13-9-18(3)17-10(13)2)11-6-12(19-4)8-15-7-11/h6-9,14,16H,5H2,1-4H3. The Kier molecular flexibility index (Phi) is 4.16. The minimum Gasteiger partial charge on any atom is -0.495 e. The maximum Gasteiger partial charge on any atom is 0.137 e. The van der Waals surface area contributed by atoms with Crippen molar-refractivity contribution in [3.63, 3.8) is 0 Å². The van der Waals surface area contributed by atoms with Gasteiger partial charge in [-0.25, -0.2) is 0 Å². The van der Waals surface area contributed by atoms with Crippen LogP contribution in [0, 0.1) is 6.92 Å². The summed E-state index contributed by atoms with van der Waals surface area (Å²) in [7, 11) is 3.59. The molecule has 2 heterocycles.